The van der Waals surface area contributed by atoms with E-state index in [2.05, 4.69) is 11.9 Å². The van der Waals surface area contributed by atoms with Gasteiger partial charge in [0.25, 0.3) is 0 Å². The molecule has 0 aromatic rings. The van der Waals surface area contributed by atoms with Crippen molar-refractivity contribution < 1.29 is 9.90 Å². The molecule has 10 heavy (non-hydrogen) atoms. The monoisotopic (exact) mass is 141 g/mol. The number of rotatable bonds is 4. The maximum absolute atomic E-state index is 10.4. The Labute approximate surface area is 59.7 Å². The van der Waals surface area contributed by atoms with E-state index in [0.717, 1.165) is 12.8 Å². The minimum absolute atomic E-state index is 0.416. The van der Waals surface area contributed by atoms with Crippen LogP contribution in [0.1, 0.15) is 12.8 Å². The summed E-state index contributed by atoms with van der Waals surface area (Å²) < 4.78 is 0. The van der Waals surface area contributed by atoms with Crippen molar-refractivity contribution in [3.63, 3.8) is 0 Å². The summed E-state index contributed by atoms with van der Waals surface area (Å²) in [7, 11) is 0. The number of nitrogens with one attached hydrogen (secondary N) is 1. The number of carboxylic acids is 1. The summed E-state index contributed by atoms with van der Waals surface area (Å²) in [6.07, 6.45) is 3.61. The molecule has 3 heteroatoms. The van der Waals surface area contributed by atoms with Gasteiger partial charge in [0.15, 0.2) is 0 Å². The summed E-state index contributed by atoms with van der Waals surface area (Å²) in [4.78, 5) is 10.4. The van der Waals surface area contributed by atoms with Gasteiger partial charge < -0.3 is 5.11 Å². The third-order valence-electron chi connectivity index (χ3n) is 1.49. The first-order chi connectivity index (χ1) is 4.74. The van der Waals surface area contributed by atoms with Crippen molar-refractivity contribution in [3.05, 3.63) is 12.7 Å². The van der Waals surface area contributed by atoms with Crippen molar-refractivity contribution in [1.29, 1.82) is 0 Å². The number of carbonyl (C=O) groups is 1. The second-order valence-corrected chi connectivity index (χ2v) is 2.49. The highest BCUT2D eigenvalue weighted by Crippen LogP contribution is 2.19. The van der Waals surface area contributed by atoms with E-state index in [9.17, 15) is 4.79 Å². The number of carboxylic acid groups (broad SMARTS) is 1. The molecule has 0 radical (unpaired) electrons. The smallest absolute Gasteiger partial charge is 0.324 e. The molecular formula is C7H11NO2. The Morgan fingerprint density at radius 3 is 2.70 bits per heavy atom. The molecule has 1 aliphatic rings. The van der Waals surface area contributed by atoms with E-state index in [4.69, 9.17) is 5.11 Å². The first-order valence-corrected chi connectivity index (χ1v) is 3.35. The molecule has 1 fully saturated rings. The molecule has 1 atom stereocenters. The van der Waals surface area contributed by atoms with E-state index in [-0.39, 0.29) is 0 Å². The molecule has 2 N–H and O–H groups in total. The van der Waals surface area contributed by atoms with Crippen LogP contribution in [0, 0.1) is 0 Å². The van der Waals surface area contributed by atoms with Crippen LogP contribution in [0.3, 0.4) is 0 Å². The summed E-state index contributed by atoms with van der Waals surface area (Å²) in [5, 5.41) is 11.4. The van der Waals surface area contributed by atoms with Gasteiger partial charge in [0.05, 0.1) is 0 Å². The number of hydrogen-bond donors (Lipinski definition) is 2. The van der Waals surface area contributed by atoms with E-state index in [0.29, 0.717) is 6.04 Å². The SMILES string of the molecule is C=C[C@H](NC1CC1)C(=O)O. The molecule has 56 valence electrons. The highest BCUT2D eigenvalue weighted by atomic mass is 16.4. The molecule has 0 unspecified atom stereocenters. The lowest BCUT2D eigenvalue weighted by atomic mass is 10.3. The third-order valence-corrected chi connectivity index (χ3v) is 1.49. The maximum atomic E-state index is 10.4. The van der Waals surface area contributed by atoms with Gasteiger partial charge in [0.2, 0.25) is 0 Å². The zero-order chi connectivity index (χ0) is 7.56. The fraction of sp³-hybridized carbons (Fsp3) is 0.571. The predicted octanol–water partition coefficient (Wildman–Crippen LogP) is 0.378. The van der Waals surface area contributed by atoms with Gasteiger partial charge in [-0.15, -0.1) is 6.58 Å². The van der Waals surface area contributed by atoms with Crippen molar-refractivity contribution in [1.82, 2.24) is 5.32 Å². The molecule has 0 heterocycles. The van der Waals surface area contributed by atoms with Crippen molar-refractivity contribution in [2.24, 2.45) is 0 Å². The lowest BCUT2D eigenvalue weighted by Crippen LogP contribution is -2.35. The van der Waals surface area contributed by atoms with Crippen LogP contribution in [0.4, 0.5) is 0 Å². The van der Waals surface area contributed by atoms with Crippen LogP contribution in [0.25, 0.3) is 0 Å². The Morgan fingerprint density at radius 1 is 1.80 bits per heavy atom. The summed E-state index contributed by atoms with van der Waals surface area (Å²) >= 11 is 0. The highest BCUT2D eigenvalue weighted by molar-refractivity contribution is 5.75. The zero-order valence-electron chi connectivity index (χ0n) is 5.71. The van der Waals surface area contributed by atoms with Crippen LogP contribution in [0.15, 0.2) is 12.7 Å². The predicted molar refractivity (Wildman–Crippen MR) is 37.8 cm³/mol. The standard InChI is InChI=1S/C7H11NO2/c1-2-6(7(9)10)8-5-3-4-5/h2,5-6,8H,1,3-4H2,(H,9,10)/t6-/m0/s1. The van der Waals surface area contributed by atoms with Crippen LogP contribution in [-0.2, 0) is 4.79 Å². The molecule has 0 aromatic carbocycles. The Hall–Kier alpha value is -0.830. The van der Waals surface area contributed by atoms with Gasteiger partial charge in [-0.25, -0.2) is 0 Å². The lowest BCUT2D eigenvalue weighted by Gasteiger charge is -2.06. The van der Waals surface area contributed by atoms with E-state index in [1.165, 1.54) is 6.08 Å². The zero-order valence-corrected chi connectivity index (χ0v) is 5.71. The molecule has 0 saturated heterocycles. The molecule has 1 saturated carbocycles. The van der Waals surface area contributed by atoms with Crippen molar-refractivity contribution in [3.8, 4) is 0 Å². The van der Waals surface area contributed by atoms with E-state index in [1.807, 2.05) is 0 Å². The van der Waals surface area contributed by atoms with Gasteiger partial charge in [-0.3, -0.25) is 10.1 Å². The summed E-state index contributed by atoms with van der Waals surface area (Å²) in [6, 6.07) is -0.147. The average Bonchev–Trinajstić information content (AvgIpc) is 2.64. The molecule has 3 nitrogen and oxygen atoms in total. The van der Waals surface area contributed by atoms with Gasteiger partial charge in [-0.1, -0.05) is 6.08 Å². The van der Waals surface area contributed by atoms with Crippen molar-refractivity contribution in [2.45, 2.75) is 24.9 Å². The Kier molecular flexibility index (Phi) is 2.06. The Bertz CT molecular complexity index is 152. The molecular weight excluding hydrogens is 130 g/mol. The van der Waals surface area contributed by atoms with Gasteiger partial charge in [0.1, 0.15) is 6.04 Å². The quantitative estimate of drug-likeness (QED) is 0.556. The van der Waals surface area contributed by atoms with E-state index >= 15 is 0 Å². The number of aliphatic carboxylic acids is 1. The average molecular weight is 141 g/mol. The lowest BCUT2D eigenvalue weighted by molar-refractivity contribution is -0.138. The van der Waals surface area contributed by atoms with Crippen molar-refractivity contribution in [2.75, 3.05) is 0 Å². The summed E-state index contributed by atoms with van der Waals surface area (Å²) in [5.74, 6) is -0.845. The molecule has 0 amide bonds. The van der Waals surface area contributed by atoms with Crippen molar-refractivity contribution >= 4 is 5.97 Å². The first-order valence-electron chi connectivity index (χ1n) is 3.35. The van der Waals surface area contributed by atoms with E-state index < -0.39 is 12.0 Å². The molecule has 0 aromatic heterocycles. The van der Waals surface area contributed by atoms with Crippen LogP contribution >= 0.6 is 0 Å². The highest BCUT2D eigenvalue weighted by Gasteiger charge is 2.25. The summed E-state index contributed by atoms with van der Waals surface area (Å²) in [6.45, 7) is 3.42. The van der Waals surface area contributed by atoms with Gasteiger partial charge in [-0.2, -0.15) is 0 Å². The maximum Gasteiger partial charge on any atom is 0.324 e. The second-order valence-electron chi connectivity index (χ2n) is 2.49. The second kappa shape index (κ2) is 2.84. The molecule has 1 rings (SSSR count). The third kappa shape index (κ3) is 1.84. The number of hydrogen-bond acceptors (Lipinski definition) is 2. The minimum atomic E-state index is -0.845. The van der Waals surface area contributed by atoms with Crippen LogP contribution in [-0.4, -0.2) is 23.2 Å². The summed E-state index contributed by atoms with van der Waals surface area (Å²) in [5.41, 5.74) is 0. The normalized spacial score (nSPS) is 20.0. The van der Waals surface area contributed by atoms with Gasteiger partial charge in [-0.05, 0) is 12.8 Å². The Balaban J connectivity index is 2.31. The molecule has 0 spiro atoms. The van der Waals surface area contributed by atoms with Gasteiger partial charge >= 0.3 is 5.97 Å². The minimum Gasteiger partial charge on any atom is -0.480 e. The van der Waals surface area contributed by atoms with E-state index in [1.54, 1.807) is 0 Å². The van der Waals surface area contributed by atoms with Gasteiger partial charge in [0, 0.05) is 6.04 Å². The largest absolute Gasteiger partial charge is 0.480 e. The fourth-order valence-electron chi connectivity index (χ4n) is 0.744. The van der Waals surface area contributed by atoms with Crippen LogP contribution < -0.4 is 5.32 Å². The molecule has 1 aliphatic carbocycles. The van der Waals surface area contributed by atoms with Crippen LogP contribution in [0.5, 0.6) is 0 Å². The van der Waals surface area contributed by atoms with Crippen LogP contribution in [0.2, 0.25) is 0 Å². The first kappa shape index (κ1) is 7.28. The molecule has 0 aliphatic heterocycles. The topological polar surface area (TPSA) is 49.3 Å². The fourth-order valence-corrected chi connectivity index (χ4v) is 0.744. The molecule has 0 bridgehead atoms. The Morgan fingerprint density at radius 2 is 2.40 bits per heavy atom.